The molecule has 4 heteroatoms. The first kappa shape index (κ1) is 16.2. The van der Waals surface area contributed by atoms with Crippen LogP contribution >= 0.6 is 0 Å². The maximum Gasteiger partial charge on any atom is 0.152 e. The van der Waals surface area contributed by atoms with Crippen molar-refractivity contribution in [2.75, 3.05) is 25.0 Å². The summed E-state index contributed by atoms with van der Waals surface area (Å²) in [6.07, 6.45) is 3.43. The van der Waals surface area contributed by atoms with Crippen LogP contribution in [0.2, 0.25) is 0 Å². The molecule has 0 aliphatic carbocycles. The predicted molar refractivity (Wildman–Crippen MR) is 83.6 cm³/mol. The Hall–Kier alpha value is -1.16. The van der Waals surface area contributed by atoms with Gasteiger partial charge in [-0.25, -0.2) is 8.78 Å². The fourth-order valence-corrected chi connectivity index (χ4v) is 3.15. The molecule has 1 heterocycles. The predicted octanol–water partition coefficient (Wildman–Crippen LogP) is 4.20. The van der Waals surface area contributed by atoms with Crippen molar-refractivity contribution in [1.29, 1.82) is 0 Å². The van der Waals surface area contributed by atoms with E-state index in [1.165, 1.54) is 12.1 Å². The Morgan fingerprint density at radius 3 is 2.86 bits per heavy atom. The van der Waals surface area contributed by atoms with Gasteiger partial charge in [-0.15, -0.1) is 0 Å². The van der Waals surface area contributed by atoms with Gasteiger partial charge in [0.05, 0.1) is 0 Å². The Labute approximate surface area is 126 Å². The molecule has 0 aromatic heterocycles. The second-order valence-corrected chi connectivity index (χ2v) is 6.19. The van der Waals surface area contributed by atoms with E-state index in [9.17, 15) is 8.78 Å². The minimum absolute atomic E-state index is 0.0233. The van der Waals surface area contributed by atoms with E-state index >= 15 is 0 Å². The van der Waals surface area contributed by atoms with Gasteiger partial charge in [0, 0.05) is 12.6 Å². The first-order valence-electron chi connectivity index (χ1n) is 7.96. The zero-order valence-electron chi connectivity index (χ0n) is 13.3. The number of anilines is 1. The lowest BCUT2D eigenvalue weighted by Crippen LogP contribution is -2.42. The molecule has 0 amide bonds. The van der Waals surface area contributed by atoms with Crippen molar-refractivity contribution in [1.82, 2.24) is 4.90 Å². The summed E-state index contributed by atoms with van der Waals surface area (Å²) in [5.41, 5.74) is 0.498. The molecule has 2 nitrogen and oxygen atoms in total. The molecule has 1 fully saturated rings. The Kier molecular flexibility index (Phi) is 5.57. The Morgan fingerprint density at radius 2 is 2.14 bits per heavy atom. The first-order chi connectivity index (χ1) is 10.0. The average molecular weight is 296 g/mol. The van der Waals surface area contributed by atoms with E-state index in [0.29, 0.717) is 11.5 Å². The van der Waals surface area contributed by atoms with Crippen molar-refractivity contribution in [3.63, 3.8) is 0 Å². The fourth-order valence-electron chi connectivity index (χ4n) is 3.15. The third-order valence-electron chi connectivity index (χ3n) is 4.45. The normalized spacial score (nSPS) is 21.3. The van der Waals surface area contributed by atoms with Gasteiger partial charge in [0.2, 0.25) is 0 Å². The van der Waals surface area contributed by atoms with E-state index in [0.717, 1.165) is 38.9 Å². The summed E-state index contributed by atoms with van der Waals surface area (Å²) >= 11 is 0. The second-order valence-electron chi connectivity index (χ2n) is 6.19. The number of rotatable bonds is 5. The lowest BCUT2D eigenvalue weighted by Gasteiger charge is -2.36. The standard InChI is InChI=1S/C17H26F2N2/c1-4-9-21-10-5-6-14(11-21)13(3)20-17-15(18)8-7-12(2)16(17)19/h7-8,13-14,20H,4-6,9-11H2,1-3H3. The summed E-state index contributed by atoms with van der Waals surface area (Å²) in [6, 6.07) is 2.87. The summed E-state index contributed by atoms with van der Waals surface area (Å²) in [6.45, 7) is 9.13. The van der Waals surface area contributed by atoms with Crippen LogP contribution in [0.5, 0.6) is 0 Å². The minimum atomic E-state index is -0.508. The van der Waals surface area contributed by atoms with Gasteiger partial charge in [0.1, 0.15) is 11.5 Å². The number of hydrogen-bond donors (Lipinski definition) is 1. The first-order valence-corrected chi connectivity index (χ1v) is 7.96. The maximum atomic E-state index is 14.1. The highest BCUT2D eigenvalue weighted by atomic mass is 19.1. The van der Waals surface area contributed by atoms with Gasteiger partial charge in [-0.3, -0.25) is 0 Å². The van der Waals surface area contributed by atoms with Crippen molar-refractivity contribution in [2.24, 2.45) is 5.92 Å². The summed E-state index contributed by atoms with van der Waals surface area (Å²) in [5, 5.41) is 3.07. The van der Waals surface area contributed by atoms with E-state index in [-0.39, 0.29) is 11.7 Å². The zero-order valence-corrected chi connectivity index (χ0v) is 13.3. The van der Waals surface area contributed by atoms with Crippen LogP contribution in [0.25, 0.3) is 0 Å². The Bertz CT molecular complexity index is 474. The van der Waals surface area contributed by atoms with Crippen LogP contribution < -0.4 is 5.32 Å². The number of aryl methyl sites for hydroxylation is 1. The molecular formula is C17H26F2N2. The molecule has 1 N–H and O–H groups in total. The van der Waals surface area contributed by atoms with E-state index in [2.05, 4.69) is 17.1 Å². The zero-order chi connectivity index (χ0) is 15.4. The molecule has 1 aliphatic rings. The summed E-state index contributed by atoms with van der Waals surface area (Å²) < 4.78 is 27.9. The SMILES string of the molecule is CCCN1CCCC(C(C)Nc2c(F)ccc(C)c2F)C1. The number of hydrogen-bond acceptors (Lipinski definition) is 2. The van der Waals surface area contributed by atoms with Gasteiger partial charge < -0.3 is 10.2 Å². The highest BCUT2D eigenvalue weighted by Gasteiger charge is 2.25. The van der Waals surface area contributed by atoms with E-state index in [1.807, 2.05) is 6.92 Å². The van der Waals surface area contributed by atoms with Crippen molar-refractivity contribution in [2.45, 2.75) is 46.1 Å². The molecule has 0 spiro atoms. The Morgan fingerprint density at radius 1 is 1.38 bits per heavy atom. The van der Waals surface area contributed by atoms with Gasteiger partial charge >= 0.3 is 0 Å². The van der Waals surface area contributed by atoms with Crippen LogP contribution in [-0.2, 0) is 0 Å². The third-order valence-corrected chi connectivity index (χ3v) is 4.45. The highest BCUT2D eigenvalue weighted by Crippen LogP contribution is 2.26. The Balaban J connectivity index is 2.04. The third kappa shape index (κ3) is 3.94. The van der Waals surface area contributed by atoms with E-state index < -0.39 is 11.6 Å². The van der Waals surface area contributed by atoms with Crippen LogP contribution in [0.4, 0.5) is 14.5 Å². The maximum absolute atomic E-state index is 14.1. The van der Waals surface area contributed by atoms with E-state index in [1.54, 1.807) is 6.92 Å². The molecule has 2 rings (SSSR count). The fraction of sp³-hybridized carbons (Fsp3) is 0.647. The highest BCUT2D eigenvalue weighted by molar-refractivity contribution is 5.49. The number of nitrogens with one attached hydrogen (secondary N) is 1. The largest absolute Gasteiger partial charge is 0.378 e. The number of likely N-dealkylation sites (tertiary alicyclic amines) is 1. The molecule has 1 aliphatic heterocycles. The molecule has 118 valence electrons. The quantitative estimate of drug-likeness (QED) is 0.876. The molecule has 2 unspecified atom stereocenters. The summed E-state index contributed by atoms with van der Waals surface area (Å²) in [4.78, 5) is 2.45. The number of nitrogens with zero attached hydrogens (tertiary/aromatic N) is 1. The molecule has 0 radical (unpaired) electrons. The van der Waals surface area contributed by atoms with Crippen LogP contribution in [0, 0.1) is 24.5 Å². The lowest BCUT2D eigenvalue weighted by molar-refractivity contribution is 0.165. The van der Waals surface area contributed by atoms with Crippen molar-refractivity contribution < 1.29 is 8.78 Å². The van der Waals surface area contributed by atoms with Gasteiger partial charge in [-0.05, 0) is 63.7 Å². The van der Waals surface area contributed by atoms with Gasteiger partial charge in [-0.2, -0.15) is 0 Å². The molecule has 1 aromatic rings. The molecule has 1 saturated heterocycles. The minimum Gasteiger partial charge on any atom is -0.378 e. The molecule has 0 saturated carbocycles. The van der Waals surface area contributed by atoms with E-state index in [4.69, 9.17) is 0 Å². The smallest absolute Gasteiger partial charge is 0.152 e. The average Bonchev–Trinajstić information content (AvgIpc) is 2.48. The molecule has 2 atom stereocenters. The number of halogens is 2. The van der Waals surface area contributed by atoms with Crippen LogP contribution in [0.15, 0.2) is 12.1 Å². The summed E-state index contributed by atoms with van der Waals surface area (Å²) in [7, 11) is 0. The van der Waals surface area contributed by atoms with Crippen LogP contribution in [-0.4, -0.2) is 30.6 Å². The molecular weight excluding hydrogens is 270 g/mol. The van der Waals surface area contributed by atoms with Crippen molar-refractivity contribution in [3.05, 3.63) is 29.3 Å². The molecule has 21 heavy (non-hydrogen) atoms. The summed E-state index contributed by atoms with van der Waals surface area (Å²) in [5.74, 6) is -0.543. The van der Waals surface area contributed by atoms with Crippen LogP contribution in [0.3, 0.4) is 0 Å². The van der Waals surface area contributed by atoms with Gasteiger partial charge in [0.15, 0.2) is 5.82 Å². The van der Waals surface area contributed by atoms with Crippen molar-refractivity contribution in [3.8, 4) is 0 Å². The molecule has 1 aromatic carbocycles. The van der Waals surface area contributed by atoms with Gasteiger partial charge in [0.25, 0.3) is 0 Å². The molecule has 0 bridgehead atoms. The number of benzene rings is 1. The monoisotopic (exact) mass is 296 g/mol. The lowest BCUT2D eigenvalue weighted by atomic mass is 9.91. The van der Waals surface area contributed by atoms with Gasteiger partial charge in [-0.1, -0.05) is 13.0 Å². The van der Waals surface area contributed by atoms with Crippen molar-refractivity contribution >= 4 is 5.69 Å². The van der Waals surface area contributed by atoms with Crippen LogP contribution in [0.1, 0.15) is 38.7 Å². The number of piperidine rings is 1. The second kappa shape index (κ2) is 7.21. The topological polar surface area (TPSA) is 15.3 Å².